The molecule has 0 aliphatic carbocycles. The van der Waals surface area contributed by atoms with Gasteiger partial charge in [0.05, 0.1) is 19.8 Å². The normalized spacial score (nSPS) is 10.6. The van der Waals surface area contributed by atoms with Crippen LogP contribution in [0, 0.1) is 0 Å². The summed E-state index contributed by atoms with van der Waals surface area (Å²) in [5.74, 6) is 0.993. The van der Waals surface area contributed by atoms with Crippen molar-refractivity contribution >= 4 is 34.4 Å². The van der Waals surface area contributed by atoms with Crippen LogP contribution in [-0.4, -0.2) is 20.5 Å². The number of hydrogen-bond donors (Lipinski definition) is 0. The minimum Gasteiger partial charge on any atom is -0.492 e. The molecule has 108 valence electrons. The van der Waals surface area contributed by atoms with Gasteiger partial charge in [-0.1, -0.05) is 52.3 Å². The number of ether oxygens (including phenoxy) is 2. The summed E-state index contributed by atoms with van der Waals surface area (Å²) in [6.45, 7) is 0. The van der Waals surface area contributed by atoms with Gasteiger partial charge in [-0.25, -0.2) is 0 Å². The van der Waals surface area contributed by atoms with Gasteiger partial charge in [0.2, 0.25) is 0 Å². The number of benzene rings is 2. The van der Waals surface area contributed by atoms with E-state index in [9.17, 15) is 4.79 Å². The molecule has 0 N–H and O–H groups in total. The number of carbonyl (C=O) groups excluding carboxylic acids is 1. The molecule has 0 saturated heterocycles. The first kappa shape index (κ1) is 15.3. The molecule has 2 rings (SSSR count). The maximum atomic E-state index is 11.0. The van der Waals surface area contributed by atoms with Crippen molar-refractivity contribution in [1.82, 2.24) is 0 Å². The number of halogens is 1. The summed E-state index contributed by atoms with van der Waals surface area (Å²) in [6, 6.07) is 11.5. The van der Waals surface area contributed by atoms with Gasteiger partial charge in [-0.15, -0.1) is 0 Å². The molecule has 0 saturated carbocycles. The highest BCUT2D eigenvalue weighted by atomic mass is 79.9. The minimum atomic E-state index is 0.446. The highest BCUT2D eigenvalue weighted by Crippen LogP contribution is 2.35. The molecule has 0 spiro atoms. The summed E-state index contributed by atoms with van der Waals surface area (Å²) < 4.78 is 11.7. The van der Waals surface area contributed by atoms with Gasteiger partial charge in [0, 0.05) is 10.0 Å². The first-order valence-electron chi connectivity index (χ1n) is 6.34. The summed E-state index contributed by atoms with van der Waals surface area (Å²) in [6.07, 6.45) is 4.65. The monoisotopic (exact) mass is 346 g/mol. The molecule has 2 aromatic carbocycles. The number of rotatable bonds is 5. The topological polar surface area (TPSA) is 35.5 Å². The van der Waals surface area contributed by atoms with Crippen molar-refractivity contribution in [2.24, 2.45) is 0 Å². The Morgan fingerprint density at radius 3 is 2.05 bits per heavy atom. The van der Waals surface area contributed by atoms with Gasteiger partial charge in [-0.05, 0) is 17.7 Å². The first-order valence-corrected chi connectivity index (χ1v) is 7.13. The second-order valence-corrected chi connectivity index (χ2v) is 5.14. The molecule has 3 nitrogen and oxygen atoms in total. The summed E-state index contributed by atoms with van der Waals surface area (Å²) in [5, 5.41) is 0. The van der Waals surface area contributed by atoms with Gasteiger partial charge >= 0.3 is 0 Å². The van der Waals surface area contributed by atoms with E-state index in [4.69, 9.17) is 9.47 Å². The molecule has 0 heterocycles. The van der Waals surface area contributed by atoms with Crippen LogP contribution in [-0.2, 0) is 0 Å². The SMILES string of the molecule is COc1c(C=O)ccc(/C=C\c2ccccc2Br)c1OC. The van der Waals surface area contributed by atoms with Gasteiger partial charge in [-0.3, -0.25) is 4.79 Å². The molecule has 2 aromatic rings. The summed E-state index contributed by atoms with van der Waals surface area (Å²) in [4.78, 5) is 11.0. The Bertz CT molecular complexity index is 678. The van der Waals surface area contributed by atoms with E-state index >= 15 is 0 Å². The summed E-state index contributed by atoms with van der Waals surface area (Å²) in [7, 11) is 3.08. The van der Waals surface area contributed by atoms with Crippen LogP contribution < -0.4 is 9.47 Å². The molecule has 0 amide bonds. The lowest BCUT2D eigenvalue weighted by Crippen LogP contribution is -1.97. The van der Waals surface area contributed by atoms with Crippen molar-refractivity contribution in [2.75, 3.05) is 14.2 Å². The Morgan fingerprint density at radius 2 is 1.43 bits per heavy atom. The third-order valence-electron chi connectivity index (χ3n) is 3.06. The highest BCUT2D eigenvalue weighted by molar-refractivity contribution is 9.10. The van der Waals surface area contributed by atoms with E-state index in [1.807, 2.05) is 42.5 Å². The largest absolute Gasteiger partial charge is 0.492 e. The van der Waals surface area contributed by atoms with Crippen molar-refractivity contribution in [3.63, 3.8) is 0 Å². The fraction of sp³-hybridized carbons (Fsp3) is 0.118. The molecule has 21 heavy (non-hydrogen) atoms. The smallest absolute Gasteiger partial charge is 0.171 e. The van der Waals surface area contributed by atoms with Gasteiger partial charge < -0.3 is 9.47 Å². The van der Waals surface area contributed by atoms with Crippen molar-refractivity contribution in [2.45, 2.75) is 0 Å². The molecular formula is C17H15BrO3. The maximum absolute atomic E-state index is 11.0. The van der Waals surface area contributed by atoms with Crippen LogP contribution in [0.3, 0.4) is 0 Å². The number of hydrogen-bond acceptors (Lipinski definition) is 3. The third-order valence-corrected chi connectivity index (χ3v) is 3.78. The zero-order valence-electron chi connectivity index (χ0n) is 11.8. The predicted octanol–water partition coefficient (Wildman–Crippen LogP) is 4.45. The lowest BCUT2D eigenvalue weighted by atomic mass is 10.1. The minimum absolute atomic E-state index is 0.446. The quantitative estimate of drug-likeness (QED) is 0.592. The zero-order valence-corrected chi connectivity index (χ0v) is 13.4. The summed E-state index contributed by atoms with van der Waals surface area (Å²) >= 11 is 3.50. The Balaban J connectivity index is 2.45. The number of methoxy groups -OCH3 is 2. The molecule has 4 heteroatoms. The van der Waals surface area contributed by atoms with Crippen molar-refractivity contribution in [3.8, 4) is 11.5 Å². The Labute approximate surface area is 132 Å². The average molecular weight is 347 g/mol. The Morgan fingerprint density at radius 1 is 0.857 bits per heavy atom. The van der Waals surface area contributed by atoms with E-state index in [0.29, 0.717) is 17.1 Å². The molecule has 0 aliphatic rings. The highest BCUT2D eigenvalue weighted by Gasteiger charge is 2.13. The van der Waals surface area contributed by atoms with Gasteiger partial charge in [0.25, 0.3) is 0 Å². The zero-order chi connectivity index (χ0) is 15.2. The molecule has 0 fully saturated rings. The molecule has 0 atom stereocenters. The first-order chi connectivity index (χ1) is 10.2. The fourth-order valence-corrected chi connectivity index (χ4v) is 2.45. The Kier molecular flexibility index (Phi) is 5.17. The van der Waals surface area contributed by atoms with Gasteiger partial charge in [0.15, 0.2) is 17.8 Å². The second-order valence-electron chi connectivity index (χ2n) is 4.28. The van der Waals surface area contributed by atoms with E-state index < -0.39 is 0 Å². The van der Waals surface area contributed by atoms with Crippen LogP contribution in [0.4, 0.5) is 0 Å². The molecule has 0 unspecified atom stereocenters. The third kappa shape index (κ3) is 3.34. The van der Waals surface area contributed by atoms with Crippen LogP contribution in [0.2, 0.25) is 0 Å². The van der Waals surface area contributed by atoms with Crippen molar-refractivity contribution in [1.29, 1.82) is 0 Å². The van der Waals surface area contributed by atoms with Crippen LogP contribution in [0.15, 0.2) is 40.9 Å². The van der Waals surface area contributed by atoms with Crippen LogP contribution in [0.1, 0.15) is 21.5 Å². The van der Waals surface area contributed by atoms with E-state index in [-0.39, 0.29) is 0 Å². The van der Waals surface area contributed by atoms with Gasteiger partial charge in [0.1, 0.15) is 0 Å². The van der Waals surface area contributed by atoms with Crippen molar-refractivity contribution in [3.05, 3.63) is 57.6 Å². The average Bonchev–Trinajstić information content (AvgIpc) is 2.52. The lowest BCUT2D eigenvalue weighted by molar-refractivity contribution is 0.112. The van der Waals surface area contributed by atoms with Crippen LogP contribution in [0.25, 0.3) is 12.2 Å². The van der Waals surface area contributed by atoms with E-state index in [2.05, 4.69) is 15.9 Å². The number of aldehydes is 1. The molecule has 0 aromatic heterocycles. The Hall–Kier alpha value is -2.07. The second kappa shape index (κ2) is 7.09. The van der Waals surface area contributed by atoms with Gasteiger partial charge in [-0.2, -0.15) is 0 Å². The predicted molar refractivity (Wildman–Crippen MR) is 88.0 cm³/mol. The maximum Gasteiger partial charge on any atom is 0.171 e. The molecular weight excluding hydrogens is 332 g/mol. The fourth-order valence-electron chi connectivity index (χ4n) is 2.03. The standard InChI is InChI=1S/C17H15BrO3/c1-20-16-13(9-10-14(11-19)17(16)21-2)8-7-12-5-3-4-6-15(12)18/h3-11H,1-2H3/b8-7-. The molecule has 0 bridgehead atoms. The van der Waals surface area contributed by atoms with Crippen LogP contribution >= 0.6 is 15.9 Å². The molecule has 0 radical (unpaired) electrons. The number of carbonyl (C=O) groups is 1. The summed E-state index contributed by atoms with van der Waals surface area (Å²) in [5.41, 5.74) is 2.36. The molecule has 0 aliphatic heterocycles. The van der Waals surface area contributed by atoms with Crippen LogP contribution in [0.5, 0.6) is 11.5 Å². The van der Waals surface area contributed by atoms with Crippen molar-refractivity contribution < 1.29 is 14.3 Å². The van der Waals surface area contributed by atoms with E-state index in [0.717, 1.165) is 21.9 Å². The van der Waals surface area contributed by atoms with E-state index in [1.165, 1.54) is 7.11 Å². The lowest BCUT2D eigenvalue weighted by Gasteiger charge is -2.12. The van der Waals surface area contributed by atoms with E-state index in [1.54, 1.807) is 13.2 Å².